The Labute approximate surface area is 107 Å². The van der Waals surface area contributed by atoms with E-state index < -0.39 is 0 Å². The van der Waals surface area contributed by atoms with Crippen molar-refractivity contribution in [1.82, 2.24) is 4.98 Å². The average molecular weight is 246 g/mol. The molecule has 0 aliphatic carbocycles. The lowest BCUT2D eigenvalue weighted by Crippen LogP contribution is -2.09. The van der Waals surface area contributed by atoms with Gasteiger partial charge in [-0.3, -0.25) is 0 Å². The fourth-order valence-electron chi connectivity index (χ4n) is 1.62. The van der Waals surface area contributed by atoms with Crippen molar-refractivity contribution < 1.29 is 9.15 Å². The number of rotatable bonds is 2. The molecule has 18 heavy (non-hydrogen) atoms. The summed E-state index contributed by atoms with van der Waals surface area (Å²) in [7, 11) is 1.61. The summed E-state index contributed by atoms with van der Waals surface area (Å²) in [6.07, 6.45) is 1.75. The van der Waals surface area contributed by atoms with Gasteiger partial charge >= 0.3 is 0 Å². The molecular weight excluding hydrogens is 228 g/mol. The molecule has 2 N–H and O–H groups in total. The Balaban J connectivity index is 2.43. The van der Waals surface area contributed by atoms with Gasteiger partial charge in [-0.2, -0.15) is 0 Å². The minimum Gasteiger partial charge on any atom is -0.497 e. The second kappa shape index (κ2) is 4.37. The SMILES string of the molecule is COc1cc(N)cc(-c2ncc(C(C)(C)C)o2)c1. The highest BCUT2D eigenvalue weighted by molar-refractivity contribution is 5.63. The molecule has 1 aromatic carbocycles. The van der Waals surface area contributed by atoms with Crippen molar-refractivity contribution in [3.63, 3.8) is 0 Å². The molecule has 0 radical (unpaired) electrons. The number of ether oxygens (including phenoxy) is 1. The first-order valence-corrected chi connectivity index (χ1v) is 5.81. The van der Waals surface area contributed by atoms with Gasteiger partial charge in [0, 0.05) is 22.7 Å². The molecule has 1 heterocycles. The lowest BCUT2D eigenvalue weighted by atomic mass is 9.94. The summed E-state index contributed by atoms with van der Waals surface area (Å²) in [5.41, 5.74) is 7.20. The van der Waals surface area contributed by atoms with Crippen molar-refractivity contribution in [2.24, 2.45) is 0 Å². The van der Waals surface area contributed by atoms with E-state index in [0.717, 1.165) is 11.3 Å². The van der Waals surface area contributed by atoms with Crippen molar-refractivity contribution in [3.05, 3.63) is 30.2 Å². The van der Waals surface area contributed by atoms with Crippen molar-refractivity contribution in [3.8, 4) is 17.2 Å². The van der Waals surface area contributed by atoms with Gasteiger partial charge in [0.05, 0.1) is 13.3 Å². The molecule has 4 nitrogen and oxygen atoms in total. The number of nitrogen functional groups attached to an aromatic ring is 1. The zero-order valence-electron chi connectivity index (χ0n) is 11.2. The molecule has 0 saturated carbocycles. The van der Waals surface area contributed by atoms with Gasteiger partial charge in [0.1, 0.15) is 11.5 Å². The van der Waals surface area contributed by atoms with E-state index in [0.29, 0.717) is 17.3 Å². The van der Waals surface area contributed by atoms with Crippen LogP contribution in [0.5, 0.6) is 5.75 Å². The van der Waals surface area contributed by atoms with Gasteiger partial charge in [-0.25, -0.2) is 4.98 Å². The standard InChI is InChI=1S/C14H18N2O2/c1-14(2,3)12-8-16-13(18-12)9-5-10(15)7-11(6-9)17-4/h5-8H,15H2,1-4H3. The summed E-state index contributed by atoms with van der Waals surface area (Å²) in [6.45, 7) is 6.24. The zero-order chi connectivity index (χ0) is 13.3. The van der Waals surface area contributed by atoms with E-state index in [1.54, 1.807) is 19.4 Å². The van der Waals surface area contributed by atoms with Crippen LogP contribution in [0.3, 0.4) is 0 Å². The van der Waals surface area contributed by atoms with Gasteiger partial charge < -0.3 is 14.9 Å². The Kier molecular flexibility index (Phi) is 3.03. The lowest BCUT2D eigenvalue weighted by Gasteiger charge is -2.13. The van der Waals surface area contributed by atoms with Gasteiger partial charge in [0.2, 0.25) is 5.89 Å². The Morgan fingerprint density at radius 1 is 1.22 bits per heavy atom. The maximum Gasteiger partial charge on any atom is 0.226 e. The molecule has 0 aliphatic heterocycles. The van der Waals surface area contributed by atoms with Gasteiger partial charge in [0.25, 0.3) is 0 Å². The molecule has 0 spiro atoms. The van der Waals surface area contributed by atoms with E-state index in [1.807, 2.05) is 12.1 Å². The zero-order valence-corrected chi connectivity index (χ0v) is 11.2. The molecule has 2 aromatic rings. The summed E-state index contributed by atoms with van der Waals surface area (Å²) in [4.78, 5) is 4.29. The van der Waals surface area contributed by atoms with Crippen LogP contribution < -0.4 is 10.5 Å². The van der Waals surface area contributed by atoms with E-state index >= 15 is 0 Å². The van der Waals surface area contributed by atoms with Crippen molar-refractivity contribution in [1.29, 1.82) is 0 Å². The normalized spacial score (nSPS) is 11.6. The molecule has 1 aromatic heterocycles. The summed E-state index contributed by atoms with van der Waals surface area (Å²) >= 11 is 0. The van der Waals surface area contributed by atoms with Gasteiger partial charge in [-0.1, -0.05) is 20.8 Å². The summed E-state index contributed by atoms with van der Waals surface area (Å²) in [5.74, 6) is 2.10. The highest BCUT2D eigenvalue weighted by Gasteiger charge is 2.20. The van der Waals surface area contributed by atoms with Crippen molar-refractivity contribution in [2.45, 2.75) is 26.2 Å². The van der Waals surface area contributed by atoms with Crippen LogP contribution in [0.1, 0.15) is 26.5 Å². The number of nitrogens with two attached hydrogens (primary N) is 1. The molecule has 96 valence electrons. The maximum absolute atomic E-state index is 5.82. The molecule has 4 heteroatoms. The molecule has 0 bridgehead atoms. The largest absolute Gasteiger partial charge is 0.497 e. The Morgan fingerprint density at radius 3 is 2.50 bits per heavy atom. The van der Waals surface area contributed by atoms with Crippen LogP contribution in [0.15, 0.2) is 28.8 Å². The minimum atomic E-state index is -0.0599. The molecule has 0 unspecified atom stereocenters. The number of hydrogen-bond donors (Lipinski definition) is 1. The van der Waals surface area contributed by atoms with Crippen LogP contribution in [0, 0.1) is 0 Å². The first-order valence-electron chi connectivity index (χ1n) is 5.81. The van der Waals surface area contributed by atoms with E-state index in [4.69, 9.17) is 14.9 Å². The maximum atomic E-state index is 5.82. The first kappa shape index (κ1) is 12.5. The summed E-state index contributed by atoms with van der Waals surface area (Å²) in [5, 5.41) is 0. The van der Waals surface area contributed by atoms with E-state index in [1.165, 1.54) is 0 Å². The van der Waals surface area contributed by atoms with Crippen LogP contribution in [0.25, 0.3) is 11.5 Å². The van der Waals surface area contributed by atoms with Crippen LogP contribution in [0.4, 0.5) is 5.69 Å². The van der Waals surface area contributed by atoms with E-state index in [2.05, 4.69) is 25.8 Å². The second-order valence-corrected chi connectivity index (χ2v) is 5.27. The number of oxazole rings is 1. The number of aromatic nitrogens is 1. The lowest BCUT2D eigenvalue weighted by molar-refractivity contribution is 0.411. The molecule has 0 amide bonds. The predicted octanol–water partition coefficient (Wildman–Crippen LogP) is 3.23. The molecule has 0 atom stereocenters. The quantitative estimate of drug-likeness (QED) is 0.826. The van der Waals surface area contributed by atoms with Crippen LogP contribution in [0.2, 0.25) is 0 Å². The third-order valence-electron chi connectivity index (χ3n) is 2.66. The third-order valence-corrected chi connectivity index (χ3v) is 2.66. The first-order chi connectivity index (χ1) is 8.40. The van der Waals surface area contributed by atoms with Crippen LogP contribution in [-0.4, -0.2) is 12.1 Å². The summed E-state index contributed by atoms with van der Waals surface area (Å²) in [6, 6.07) is 5.44. The molecular formula is C14H18N2O2. The smallest absolute Gasteiger partial charge is 0.226 e. The topological polar surface area (TPSA) is 61.3 Å². The summed E-state index contributed by atoms with van der Waals surface area (Å²) < 4.78 is 10.9. The van der Waals surface area contributed by atoms with Crippen molar-refractivity contribution in [2.75, 3.05) is 12.8 Å². The molecule has 2 rings (SSSR count). The van der Waals surface area contributed by atoms with Gasteiger partial charge in [-0.15, -0.1) is 0 Å². The third kappa shape index (κ3) is 2.47. The minimum absolute atomic E-state index is 0.0599. The fourth-order valence-corrected chi connectivity index (χ4v) is 1.62. The molecule has 0 fully saturated rings. The Hall–Kier alpha value is -1.97. The van der Waals surface area contributed by atoms with Crippen molar-refractivity contribution >= 4 is 5.69 Å². The number of nitrogens with zero attached hydrogens (tertiary/aromatic N) is 1. The highest BCUT2D eigenvalue weighted by atomic mass is 16.5. The fraction of sp³-hybridized carbons (Fsp3) is 0.357. The predicted molar refractivity (Wildman–Crippen MR) is 71.6 cm³/mol. The van der Waals surface area contributed by atoms with Gasteiger partial charge in [-0.05, 0) is 12.1 Å². The van der Waals surface area contributed by atoms with Crippen LogP contribution in [-0.2, 0) is 5.41 Å². The number of benzene rings is 1. The monoisotopic (exact) mass is 246 g/mol. The van der Waals surface area contributed by atoms with E-state index in [-0.39, 0.29) is 5.41 Å². The van der Waals surface area contributed by atoms with Gasteiger partial charge in [0.15, 0.2) is 0 Å². The molecule has 0 aliphatic rings. The Morgan fingerprint density at radius 2 is 1.94 bits per heavy atom. The van der Waals surface area contributed by atoms with Crippen LogP contribution >= 0.6 is 0 Å². The number of anilines is 1. The number of hydrogen-bond acceptors (Lipinski definition) is 4. The molecule has 0 saturated heterocycles. The highest BCUT2D eigenvalue weighted by Crippen LogP contribution is 2.30. The van der Waals surface area contributed by atoms with E-state index in [9.17, 15) is 0 Å². The number of methoxy groups -OCH3 is 1. The second-order valence-electron chi connectivity index (χ2n) is 5.27. The Bertz CT molecular complexity index is 553. The average Bonchev–Trinajstić information content (AvgIpc) is 2.77.